The molecule has 17 heavy (non-hydrogen) atoms. The van der Waals surface area contributed by atoms with E-state index >= 15 is 0 Å². The Morgan fingerprint density at radius 2 is 1.94 bits per heavy atom. The van der Waals surface area contributed by atoms with Crippen molar-refractivity contribution in [3.8, 4) is 0 Å². The van der Waals surface area contributed by atoms with Crippen molar-refractivity contribution in [2.24, 2.45) is 17.8 Å². The number of hydrogen-bond acceptors (Lipinski definition) is 1. The van der Waals surface area contributed by atoms with Crippen molar-refractivity contribution < 1.29 is 0 Å². The molecule has 1 fully saturated rings. The Labute approximate surface area is 106 Å². The lowest BCUT2D eigenvalue weighted by molar-refractivity contribution is 0.0926. The Balaban J connectivity index is 1.95. The first-order valence-corrected chi connectivity index (χ1v) is 6.93. The first kappa shape index (κ1) is 12.6. The van der Waals surface area contributed by atoms with Gasteiger partial charge in [-0.25, -0.2) is 0 Å². The Morgan fingerprint density at radius 1 is 1.24 bits per heavy atom. The van der Waals surface area contributed by atoms with Crippen molar-refractivity contribution in [1.29, 1.82) is 0 Å². The van der Waals surface area contributed by atoms with Crippen LogP contribution in [0.15, 0.2) is 30.3 Å². The minimum Gasteiger partial charge on any atom is -0.299 e. The molecule has 0 amide bonds. The number of nitrogens with zero attached hydrogens (tertiary/aromatic N) is 1. The third-order valence-corrected chi connectivity index (χ3v) is 4.21. The summed E-state index contributed by atoms with van der Waals surface area (Å²) >= 11 is 0. The second-order valence-corrected chi connectivity index (χ2v) is 5.89. The molecule has 0 aromatic heterocycles. The smallest absolute Gasteiger partial charge is 0.0233 e. The van der Waals surface area contributed by atoms with Gasteiger partial charge in [0.2, 0.25) is 0 Å². The first-order chi connectivity index (χ1) is 8.16. The number of benzene rings is 1. The van der Waals surface area contributed by atoms with Crippen LogP contribution in [-0.2, 0) is 6.54 Å². The lowest BCUT2D eigenvalue weighted by Gasteiger charge is -2.39. The maximum absolute atomic E-state index is 2.62. The largest absolute Gasteiger partial charge is 0.299 e. The zero-order chi connectivity index (χ0) is 12.3. The summed E-state index contributed by atoms with van der Waals surface area (Å²) in [7, 11) is 0. The van der Waals surface area contributed by atoms with Crippen molar-refractivity contribution >= 4 is 0 Å². The molecule has 0 spiro atoms. The topological polar surface area (TPSA) is 3.24 Å². The van der Waals surface area contributed by atoms with Crippen LogP contribution in [0.4, 0.5) is 0 Å². The van der Waals surface area contributed by atoms with Crippen molar-refractivity contribution in [1.82, 2.24) is 4.90 Å². The van der Waals surface area contributed by atoms with Gasteiger partial charge >= 0.3 is 0 Å². The van der Waals surface area contributed by atoms with Gasteiger partial charge in [-0.3, -0.25) is 4.90 Å². The second-order valence-electron chi connectivity index (χ2n) is 5.89. The number of rotatable bonds is 3. The third kappa shape index (κ3) is 3.32. The van der Waals surface area contributed by atoms with Crippen LogP contribution < -0.4 is 0 Å². The molecule has 1 heteroatoms. The lowest BCUT2D eigenvalue weighted by Crippen LogP contribution is -2.41. The summed E-state index contributed by atoms with van der Waals surface area (Å²) in [5.41, 5.74) is 1.45. The van der Waals surface area contributed by atoms with Crippen LogP contribution in [0.3, 0.4) is 0 Å². The van der Waals surface area contributed by atoms with Crippen LogP contribution >= 0.6 is 0 Å². The summed E-state index contributed by atoms with van der Waals surface area (Å²) in [4.78, 5) is 2.62. The molecule has 1 aliphatic rings. The SMILES string of the molecule is CC(C)C1CN(Cc2ccccc2)CC[C@H]1C. The zero-order valence-electron chi connectivity index (χ0n) is 11.4. The van der Waals surface area contributed by atoms with E-state index in [1.807, 2.05) is 0 Å². The highest BCUT2D eigenvalue weighted by Gasteiger charge is 2.28. The maximum atomic E-state index is 2.62. The standard InChI is InChI=1S/C16H25N/c1-13(2)16-12-17(10-9-14(16)3)11-15-7-5-4-6-8-15/h4-8,13-14,16H,9-12H2,1-3H3/t14-,16?/m1/s1. The molecule has 0 bridgehead atoms. The molecule has 0 radical (unpaired) electrons. The molecule has 94 valence electrons. The molecule has 0 N–H and O–H groups in total. The van der Waals surface area contributed by atoms with E-state index in [9.17, 15) is 0 Å². The summed E-state index contributed by atoms with van der Waals surface area (Å²) in [6.45, 7) is 10.8. The molecule has 1 aromatic rings. The van der Waals surface area contributed by atoms with Gasteiger partial charge in [0, 0.05) is 13.1 Å². The summed E-state index contributed by atoms with van der Waals surface area (Å²) in [6, 6.07) is 10.9. The molecular weight excluding hydrogens is 206 g/mol. The summed E-state index contributed by atoms with van der Waals surface area (Å²) in [6.07, 6.45) is 1.36. The van der Waals surface area contributed by atoms with E-state index in [2.05, 4.69) is 56.0 Å². The number of piperidine rings is 1. The molecule has 1 saturated heterocycles. The van der Waals surface area contributed by atoms with Gasteiger partial charge in [0.25, 0.3) is 0 Å². The Hall–Kier alpha value is -0.820. The van der Waals surface area contributed by atoms with E-state index in [1.165, 1.54) is 25.1 Å². The van der Waals surface area contributed by atoms with Gasteiger partial charge in [-0.15, -0.1) is 0 Å². The van der Waals surface area contributed by atoms with Crippen LogP contribution in [0.1, 0.15) is 32.8 Å². The van der Waals surface area contributed by atoms with E-state index < -0.39 is 0 Å². The van der Waals surface area contributed by atoms with Gasteiger partial charge in [-0.05, 0) is 36.3 Å². The molecular formula is C16H25N. The van der Waals surface area contributed by atoms with Crippen molar-refractivity contribution in [3.05, 3.63) is 35.9 Å². The highest BCUT2D eigenvalue weighted by molar-refractivity contribution is 5.14. The average Bonchev–Trinajstić information content (AvgIpc) is 2.32. The molecule has 1 heterocycles. The fourth-order valence-electron chi connectivity index (χ4n) is 3.02. The number of likely N-dealkylation sites (tertiary alicyclic amines) is 1. The summed E-state index contributed by atoms with van der Waals surface area (Å²) in [5.74, 6) is 2.57. The molecule has 2 atom stereocenters. The van der Waals surface area contributed by atoms with Crippen LogP contribution in [0, 0.1) is 17.8 Å². The van der Waals surface area contributed by atoms with E-state index in [0.717, 1.165) is 24.3 Å². The number of hydrogen-bond donors (Lipinski definition) is 0. The Kier molecular flexibility index (Phi) is 4.22. The zero-order valence-corrected chi connectivity index (χ0v) is 11.4. The van der Waals surface area contributed by atoms with E-state index in [0.29, 0.717) is 0 Å². The van der Waals surface area contributed by atoms with Crippen LogP contribution in [0.5, 0.6) is 0 Å². The maximum Gasteiger partial charge on any atom is 0.0233 e. The van der Waals surface area contributed by atoms with Gasteiger partial charge in [0.15, 0.2) is 0 Å². The predicted molar refractivity (Wildman–Crippen MR) is 73.8 cm³/mol. The molecule has 0 saturated carbocycles. The van der Waals surface area contributed by atoms with Gasteiger partial charge in [0.05, 0.1) is 0 Å². The molecule has 1 nitrogen and oxygen atoms in total. The Bertz CT molecular complexity index is 331. The molecule has 0 aliphatic carbocycles. The first-order valence-electron chi connectivity index (χ1n) is 6.93. The van der Waals surface area contributed by atoms with E-state index in [-0.39, 0.29) is 0 Å². The fourth-order valence-corrected chi connectivity index (χ4v) is 3.02. The molecule has 1 aromatic carbocycles. The van der Waals surface area contributed by atoms with Crippen LogP contribution in [0.2, 0.25) is 0 Å². The Morgan fingerprint density at radius 3 is 2.59 bits per heavy atom. The van der Waals surface area contributed by atoms with Gasteiger partial charge < -0.3 is 0 Å². The quantitative estimate of drug-likeness (QED) is 0.765. The summed E-state index contributed by atoms with van der Waals surface area (Å²) in [5, 5.41) is 0. The van der Waals surface area contributed by atoms with Crippen LogP contribution in [-0.4, -0.2) is 18.0 Å². The second kappa shape index (κ2) is 5.68. The highest BCUT2D eigenvalue weighted by atomic mass is 15.1. The van der Waals surface area contributed by atoms with Gasteiger partial charge in [0.1, 0.15) is 0 Å². The minimum absolute atomic E-state index is 0.809. The predicted octanol–water partition coefficient (Wildman–Crippen LogP) is 3.80. The van der Waals surface area contributed by atoms with E-state index in [1.54, 1.807) is 0 Å². The van der Waals surface area contributed by atoms with Gasteiger partial charge in [-0.2, -0.15) is 0 Å². The average molecular weight is 231 g/mol. The minimum atomic E-state index is 0.809. The third-order valence-electron chi connectivity index (χ3n) is 4.21. The van der Waals surface area contributed by atoms with Crippen molar-refractivity contribution in [3.63, 3.8) is 0 Å². The van der Waals surface area contributed by atoms with Crippen molar-refractivity contribution in [2.45, 2.75) is 33.7 Å². The molecule has 2 rings (SSSR count). The monoisotopic (exact) mass is 231 g/mol. The van der Waals surface area contributed by atoms with Gasteiger partial charge in [-0.1, -0.05) is 51.1 Å². The normalized spacial score (nSPS) is 26.4. The highest BCUT2D eigenvalue weighted by Crippen LogP contribution is 2.29. The molecule has 1 aliphatic heterocycles. The fraction of sp³-hybridized carbons (Fsp3) is 0.625. The van der Waals surface area contributed by atoms with Crippen molar-refractivity contribution in [2.75, 3.05) is 13.1 Å². The molecule has 1 unspecified atom stereocenters. The van der Waals surface area contributed by atoms with E-state index in [4.69, 9.17) is 0 Å². The summed E-state index contributed by atoms with van der Waals surface area (Å²) < 4.78 is 0. The van der Waals surface area contributed by atoms with Crippen LogP contribution in [0.25, 0.3) is 0 Å². The lowest BCUT2D eigenvalue weighted by atomic mass is 9.79.